The van der Waals surface area contributed by atoms with Crippen LogP contribution in [-0.4, -0.2) is 46.5 Å². The van der Waals surface area contributed by atoms with E-state index in [2.05, 4.69) is 13.8 Å². The summed E-state index contributed by atoms with van der Waals surface area (Å²) in [6.07, 6.45) is 0.831. The minimum Gasteiger partial charge on any atom is -0.497 e. The number of carbonyl (C=O) groups is 1. The average molecular weight is 453 g/mol. The Morgan fingerprint density at radius 2 is 1.67 bits per heavy atom. The van der Waals surface area contributed by atoms with E-state index in [1.165, 1.54) is 25.2 Å². The summed E-state index contributed by atoms with van der Waals surface area (Å²) < 4.78 is 32.6. The smallest absolute Gasteiger partial charge is 0.264 e. The normalized spacial score (nSPS) is 12.5. The molecule has 0 aliphatic rings. The Hall–Kier alpha value is -2.25. The average Bonchev–Trinajstić information content (AvgIpc) is 2.71. The first-order valence-electron chi connectivity index (χ1n) is 9.68. The molecule has 2 aromatic rings. The third-order valence-corrected chi connectivity index (χ3v) is 7.17. The lowest BCUT2D eigenvalue weighted by molar-refractivity contribution is 0.0728. The Bertz CT molecular complexity index is 991. The molecule has 0 bridgehead atoms. The van der Waals surface area contributed by atoms with Crippen molar-refractivity contribution in [3.63, 3.8) is 0 Å². The first-order chi connectivity index (χ1) is 14.0. The Kier molecular flexibility index (Phi) is 7.77. The zero-order chi connectivity index (χ0) is 22.6. The molecule has 0 aliphatic carbocycles. The van der Waals surface area contributed by atoms with Crippen LogP contribution < -0.4 is 9.04 Å². The topological polar surface area (TPSA) is 66.9 Å². The predicted molar refractivity (Wildman–Crippen MR) is 121 cm³/mol. The van der Waals surface area contributed by atoms with E-state index in [0.29, 0.717) is 17.4 Å². The molecule has 8 heteroatoms. The summed E-state index contributed by atoms with van der Waals surface area (Å²) in [4.78, 5) is 14.6. The molecule has 0 fully saturated rings. The van der Waals surface area contributed by atoms with Crippen LogP contribution in [0.2, 0.25) is 5.02 Å². The molecule has 6 nitrogen and oxygen atoms in total. The number of rotatable bonds is 8. The second kappa shape index (κ2) is 9.71. The molecular formula is C22H29ClN2O4S. The van der Waals surface area contributed by atoms with Crippen LogP contribution in [-0.2, 0) is 10.0 Å². The number of anilines is 1. The van der Waals surface area contributed by atoms with Gasteiger partial charge in [0.25, 0.3) is 15.9 Å². The fourth-order valence-electron chi connectivity index (χ4n) is 3.15. The van der Waals surface area contributed by atoms with Gasteiger partial charge in [-0.3, -0.25) is 9.10 Å². The Morgan fingerprint density at radius 3 is 2.20 bits per heavy atom. The van der Waals surface area contributed by atoms with Crippen LogP contribution in [0.15, 0.2) is 47.4 Å². The number of sulfonamides is 1. The predicted octanol–water partition coefficient (Wildman–Crippen LogP) is 4.68. The van der Waals surface area contributed by atoms with Crippen LogP contribution in [0.25, 0.3) is 0 Å². The number of methoxy groups -OCH3 is 1. The van der Waals surface area contributed by atoms with E-state index in [0.717, 1.165) is 10.7 Å². The molecule has 0 heterocycles. The van der Waals surface area contributed by atoms with Crippen molar-refractivity contribution in [2.24, 2.45) is 5.92 Å². The highest BCUT2D eigenvalue weighted by Crippen LogP contribution is 2.28. The van der Waals surface area contributed by atoms with Gasteiger partial charge in [-0.25, -0.2) is 8.42 Å². The number of carbonyl (C=O) groups excluding carboxylic acids is 1. The van der Waals surface area contributed by atoms with Gasteiger partial charge in [0.2, 0.25) is 0 Å². The molecule has 1 amide bonds. The lowest BCUT2D eigenvalue weighted by Crippen LogP contribution is -2.36. The van der Waals surface area contributed by atoms with E-state index in [-0.39, 0.29) is 27.4 Å². The van der Waals surface area contributed by atoms with E-state index in [4.69, 9.17) is 16.3 Å². The number of halogens is 1. The number of hydrogen-bond donors (Lipinski definition) is 0. The highest BCUT2D eigenvalue weighted by atomic mass is 35.5. The van der Waals surface area contributed by atoms with Gasteiger partial charge in [-0.2, -0.15) is 0 Å². The molecule has 2 rings (SSSR count). The molecule has 0 aliphatic heterocycles. The monoisotopic (exact) mass is 452 g/mol. The number of hydrogen-bond acceptors (Lipinski definition) is 4. The second-order valence-corrected chi connectivity index (χ2v) is 10.1. The van der Waals surface area contributed by atoms with Crippen molar-refractivity contribution in [1.29, 1.82) is 0 Å². The molecule has 1 atom stereocenters. The fraction of sp³-hybridized carbons (Fsp3) is 0.409. The number of ether oxygens (including phenoxy) is 1. The molecule has 0 radical (unpaired) electrons. The zero-order valence-electron chi connectivity index (χ0n) is 18.2. The molecule has 0 aromatic heterocycles. The number of amides is 1. The zero-order valence-corrected chi connectivity index (χ0v) is 19.8. The van der Waals surface area contributed by atoms with E-state index in [1.807, 2.05) is 6.92 Å². The van der Waals surface area contributed by atoms with E-state index in [1.54, 1.807) is 43.3 Å². The summed E-state index contributed by atoms with van der Waals surface area (Å²) in [5.74, 6) is 0.746. The van der Waals surface area contributed by atoms with Crippen LogP contribution in [0.4, 0.5) is 5.69 Å². The molecule has 1 unspecified atom stereocenters. The van der Waals surface area contributed by atoms with Gasteiger partial charge in [0.1, 0.15) is 5.75 Å². The first kappa shape index (κ1) is 24.0. The second-order valence-electron chi connectivity index (χ2n) is 7.71. The highest BCUT2D eigenvalue weighted by Gasteiger charge is 2.26. The third-order valence-electron chi connectivity index (χ3n) is 5.06. The van der Waals surface area contributed by atoms with Crippen molar-refractivity contribution in [2.75, 3.05) is 25.5 Å². The van der Waals surface area contributed by atoms with Gasteiger partial charge in [0.05, 0.1) is 28.3 Å². The van der Waals surface area contributed by atoms with Gasteiger partial charge in [-0.05, 0) is 61.7 Å². The minimum atomic E-state index is -3.89. The Morgan fingerprint density at radius 1 is 1.07 bits per heavy atom. The van der Waals surface area contributed by atoms with Crippen molar-refractivity contribution in [3.05, 3.63) is 53.1 Å². The fourth-order valence-corrected chi connectivity index (χ4v) is 4.57. The van der Waals surface area contributed by atoms with Crippen molar-refractivity contribution < 1.29 is 17.9 Å². The van der Waals surface area contributed by atoms with Crippen molar-refractivity contribution in [2.45, 2.75) is 38.1 Å². The largest absolute Gasteiger partial charge is 0.497 e. The summed E-state index contributed by atoms with van der Waals surface area (Å²) in [6.45, 7) is 6.14. The van der Waals surface area contributed by atoms with Crippen molar-refractivity contribution in [1.82, 2.24) is 4.90 Å². The van der Waals surface area contributed by atoms with Crippen molar-refractivity contribution >= 4 is 33.2 Å². The first-order valence-corrected chi connectivity index (χ1v) is 11.5. The molecule has 0 N–H and O–H groups in total. The van der Waals surface area contributed by atoms with E-state index >= 15 is 0 Å². The number of benzene rings is 2. The summed E-state index contributed by atoms with van der Waals surface area (Å²) in [7, 11) is 0.823. The third kappa shape index (κ3) is 5.26. The molecular weight excluding hydrogens is 424 g/mol. The molecule has 2 aromatic carbocycles. The lowest BCUT2D eigenvalue weighted by Gasteiger charge is -2.27. The van der Waals surface area contributed by atoms with E-state index in [9.17, 15) is 13.2 Å². The van der Waals surface area contributed by atoms with Crippen LogP contribution in [0.3, 0.4) is 0 Å². The number of nitrogens with zero attached hydrogens (tertiary/aromatic N) is 2. The minimum absolute atomic E-state index is 0.00141. The maximum absolute atomic E-state index is 13.1. The molecule has 0 saturated heterocycles. The molecule has 0 spiro atoms. The highest BCUT2D eigenvalue weighted by molar-refractivity contribution is 7.92. The van der Waals surface area contributed by atoms with Crippen LogP contribution in [0.1, 0.15) is 37.6 Å². The van der Waals surface area contributed by atoms with Gasteiger partial charge in [-0.1, -0.05) is 25.4 Å². The lowest BCUT2D eigenvalue weighted by atomic mass is 10.0. The summed E-state index contributed by atoms with van der Waals surface area (Å²) >= 11 is 6.26. The summed E-state index contributed by atoms with van der Waals surface area (Å²) in [6, 6.07) is 10.9. The Balaban J connectivity index is 2.37. The Labute approximate surface area is 184 Å². The SMILES string of the molecule is COc1ccc(N(C)S(=O)(=O)c2ccc(Cl)c(C(=O)N(C)C(C)CC(C)C)c2)cc1. The van der Waals surface area contributed by atoms with Crippen LogP contribution >= 0.6 is 11.6 Å². The standard InChI is InChI=1S/C22H29ClN2O4S/c1-15(2)13-16(3)24(4)22(26)20-14-19(11-12-21(20)23)30(27,28)25(5)17-7-9-18(29-6)10-8-17/h7-12,14-16H,13H2,1-6H3. The van der Waals surface area contributed by atoms with Gasteiger partial charge < -0.3 is 9.64 Å². The molecule has 164 valence electrons. The van der Waals surface area contributed by atoms with Crippen LogP contribution in [0, 0.1) is 5.92 Å². The van der Waals surface area contributed by atoms with Gasteiger partial charge in [-0.15, -0.1) is 0 Å². The quantitative estimate of drug-likeness (QED) is 0.583. The maximum atomic E-state index is 13.1. The van der Waals surface area contributed by atoms with Gasteiger partial charge >= 0.3 is 0 Å². The molecule has 30 heavy (non-hydrogen) atoms. The van der Waals surface area contributed by atoms with Crippen LogP contribution in [0.5, 0.6) is 5.75 Å². The van der Waals surface area contributed by atoms with Gasteiger partial charge in [0.15, 0.2) is 0 Å². The molecule has 0 saturated carbocycles. The van der Waals surface area contributed by atoms with Crippen molar-refractivity contribution in [3.8, 4) is 5.75 Å². The van der Waals surface area contributed by atoms with E-state index < -0.39 is 10.0 Å². The summed E-state index contributed by atoms with van der Waals surface area (Å²) in [5.41, 5.74) is 0.639. The maximum Gasteiger partial charge on any atom is 0.264 e. The summed E-state index contributed by atoms with van der Waals surface area (Å²) in [5, 5.41) is 0.217. The van der Waals surface area contributed by atoms with Gasteiger partial charge in [0, 0.05) is 20.1 Å².